The smallest absolute Gasteiger partial charge is 0.142 e. The molecule has 2 aromatic heterocycles. The molecule has 0 saturated heterocycles. The highest BCUT2D eigenvalue weighted by Crippen LogP contribution is 2.34. The van der Waals surface area contributed by atoms with Crippen LogP contribution in [0.3, 0.4) is 0 Å². The van der Waals surface area contributed by atoms with Gasteiger partial charge in [0.1, 0.15) is 5.75 Å². The molecule has 0 bridgehead atoms. The molecule has 102 valence electrons. The summed E-state index contributed by atoms with van der Waals surface area (Å²) in [5.41, 5.74) is 5.01. The van der Waals surface area contributed by atoms with E-state index >= 15 is 0 Å². The molecular weight excluding hydrogens is 270 g/mol. The van der Waals surface area contributed by atoms with Crippen molar-refractivity contribution in [3.8, 4) is 5.75 Å². The summed E-state index contributed by atoms with van der Waals surface area (Å²) in [6.07, 6.45) is 3.45. The van der Waals surface area contributed by atoms with Crippen molar-refractivity contribution in [1.82, 2.24) is 10.4 Å². The summed E-state index contributed by atoms with van der Waals surface area (Å²) >= 11 is 1.71. The van der Waals surface area contributed by atoms with Crippen LogP contribution in [0, 0.1) is 0 Å². The lowest BCUT2D eigenvalue weighted by molar-refractivity contribution is 0.402. The van der Waals surface area contributed by atoms with E-state index in [9.17, 15) is 0 Å². The van der Waals surface area contributed by atoms with E-state index in [1.807, 2.05) is 12.1 Å². The number of nitrogens with one attached hydrogen (secondary N) is 1. The van der Waals surface area contributed by atoms with Crippen molar-refractivity contribution in [2.45, 2.75) is 6.04 Å². The minimum atomic E-state index is -0.129. The van der Waals surface area contributed by atoms with Crippen LogP contribution >= 0.6 is 11.3 Å². The monoisotopic (exact) mass is 285 g/mol. The number of nitrogens with two attached hydrogens (primary N) is 1. The summed E-state index contributed by atoms with van der Waals surface area (Å²) in [5, 5.41) is 3.31. The topological polar surface area (TPSA) is 60.2 Å². The predicted octanol–water partition coefficient (Wildman–Crippen LogP) is 2.86. The second kappa shape index (κ2) is 5.58. The number of hydrazine groups is 1. The fourth-order valence-electron chi connectivity index (χ4n) is 2.39. The maximum absolute atomic E-state index is 5.80. The molecule has 0 saturated carbocycles. The number of hydrogen-bond donors (Lipinski definition) is 2. The van der Waals surface area contributed by atoms with Gasteiger partial charge in [0.15, 0.2) is 0 Å². The zero-order valence-electron chi connectivity index (χ0n) is 11.0. The number of nitrogens with zero attached hydrogens (tertiary/aromatic N) is 1. The van der Waals surface area contributed by atoms with Gasteiger partial charge in [0.2, 0.25) is 0 Å². The van der Waals surface area contributed by atoms with Gasteiger partial charge in [0, 0.05) is 16.5 Å². The Kier molecular flexibility index (Phi) is 3.64. The first kappa shape index (κ1) is 13.1. The van der Waals surface area contributed by atoms with Gasteiger partial charge in [-0.15, -0.1) is 11.3 Å². The number of pyridine rings is 1. The molecule has 0 amide bonds. The second-order valence-corrected chi connectivity index (χ2v) is 5.32. The number of methoxy groups -OCH3 is 1. The van der Waals surface area contributed by atoms with Crippen LogP contribution in [0.25, 0.3) is 10.1 Å². The molecule has 1 unspecified atom stereocenters. The summed E-state index contributed by atoms with van der Waals surface area (Å²) in [6, 6.07) is 10.1. The summed E-state index contributed by atoms with van der Waals surface area (Å²) < 4.78 is 6.62. The van der Waals surface area contributed by atoms with Gasteiger partial charge < -0.3 is 4.74 Å². The van der Waals surface area contributed by atoms with Crippen molar-refractivity contribution in [1.29, 1.82) is 0 Å². The molecule has 0 aliphatic heterocycles. The molecule has 5 heteroatoms. The lowest BCUT2D eigenvalue weighted by Crippen LogP contribution is -2.29. The van der Waals surface area contributed by atoms with E-state index in [4.69, 9.17) is 10.6 Å². The lowest BCUT2D eigenvalue weighted by Gasteiger charge is -2.19. The van der Waals surface area contributed by atoms with E-state index in [2.05, 4.69) is 34.0 Å². The standard InChI is InChI=1S/C15H15N3OS/c1-19-13-9-17-7-5-11(13)14(18-16)12-4-2-3-10-6-8-20-15(10)12/h2-9,14,18H,16H2,1H3. The molecule has 0 aliphatic carbocycles. The van der Waals surface area contributed by atoms with Crippen LogP contribution in [0.5, 0.6) is 5.75 Å². The highest BCUT2D eigenvalue weighted by Gasteiger charge is 2.19. The van der Waals surface area contributed by atoms with E-state index in [1.54, 1.807) is 30.8 Å². The van der Waals surface area contributed by atoms with Gasteiger partial charge >= 0.3 is 0 Å². The van der Waals surface area contributed by atoms with Crippen LogP contribution in [-0.4, -0.2) is 12.1 Å². The highest BCUT2D eigenvalue weighted by atomic mass is 32.1. The van der Waals surface area contributed by atoms with Crippen molar-refractivity contribution in [3.63, 3.8) is 0 Å². The molecule has 3 rings (SSSR count). The molecule has 0 aliphatic rings. The van der Waals surface area contributed by atoms with Gasteiger partial charge in [-0.05, 0) is 28.5 Å². The molecule has 4 nitrogen and oxygen atoms in total. The summed E-state index contributed by atoms with van der Waals surface area (Å²) in [6.45, 7) is 0. The van der Waals surface area contributed by atoms with Crippen molar-refractivity contribution in [3.05, 3.63) is 59.2 Å². The van der Waals surface area contributed by atoms with Crippen LogP contribution in [0.4, 0.5) is 0 Å². The molecule has 3 aromatic rings. The zero-order chi connectivity index (χ0) is 13.9. The van der Waals surface area contributed by atoms with E-state index < -0.39 is 0 Å². The van der Waals surface area contributed by atoms with Gasteiger partial charge in [-0.1, -0.05) is 18.2 Å². The van der Waals surface area contributed by atoms with Gasteiger partial charge in [-0.3, -0.25) is 10.8 Å². The number of ether oxygens (including phenoxy) is 1. The fraction of sp³-hybridized carbons (Fsp3) is 0.133. The summed E-state index contributed by atoms with van der Waals surface area (Å²) in [4.78, 5) is 4.09. The molecule has 0 fully saturated rings. The Labute approximate surface area is 121 Å². The predicted molar refractivity (Wildman–Crippen MR) is 81.8 cm³/mol. The largest absolute Gasteiger partial charge is 0.495 e. The second-order valence-electron chi connectivity index (χ2n) is 4.40. The van der Waals surface area contributed by atoms with Crippen molar-refractivity contribution in [2.24, 2.45) is 5.84 Å². The third kappa shape index (κ3) is 2.16. The van der Waals surface area contributed by atoms with E-state index in [1.165, 1.54) is 10.1 Å². The maximum atomic E-state index is 5.80. The maximum Gasteiger partial charge on any atom is 0.142 e. The molecule has 0 spiro atoms. The number of aromatic nitrogens is 1. The lowest BCUT2D eigenvalue weighted by atomic mass is 9.98. The molecule has 0 radical (unpaired) electrons. The van der Waals surface area contributed by atoms with E-state index in [0.29, 0.717) is 0 Å². The third-order valence-corrected chi connectivity index (χ3v) is 4.31. The highest BCUT2D eigenvalue weighted by molar-refractivity contribution is 7.17. The minimum absolute atomic E-state index is 0.129. The SMILES string of the molecule is COc1cnccc1C(NN)c1cccc2ccsc12. The Hall–Kier alpha value is -1.95. The van der Waals surface area contributed by atoms with Crippen LogP contribution < -0.4 is 16.0 Å². The van der Waals surface area contributed by atoms with Crippen LogP contribution in [0.15, 0.2) is 48.1 Å². The Morgan fingerprint density at radius 2 is 2.15 bits per heavy atom. The molecule has 1 aromatic carbocycles. The number of benzene rings is 1. The van der Waals surface area contributed by atoms with Crippen molar-refractivity contribution in [2.75, 3.05) is 7.11 Å². The molecule has 1 atom stereocenters. The Morgan fingerprint density at radius 1 is 1.25 bits per heavy atom. The average Bonchev–Trinajstić information content (AvgIpc) is 2.98. The van der Waals surface area contributed by atoms with Crippen LogP contribution in [0.2, 0.25) is 0 Å². The number of hydrogen-bond acceptors (Lipinski definition) is 5. The average molecular weight is 285 g/mol. The van der Waals surface area contributed by atoms with Crippen molar-refractivity contribution >= 4 is 21.4 Å². The quantitative estimate of drug-likeness (QED) is 0.571. The van der Waals surface area contributed by atoms with E-state index in [-0.39, 0.29) is 6.04 Å². The summed E-state index contributed by atoms with van der Waals surface area (Å²) in [5.74, 6) is 6.52. The molecule has 3 N–H and O–H groups in total. The molecule has 20 heavy (non-hydrogen) atoms. The van der Waals surface area contributed by atoms with Gasteiger partial charge in [-0.2, -0.15) is 0 Å². The fourth-order valence-corrected chi connectivity index (χ4v) is 3.34. The third-order valence-electron chi connectivity index (χ3n) is 3.33. The number of fused-ring (bicyclic) bond motifs is 1. The first-order valence-electron chi connectivity index (χ1n) is 6.25. The van der Waals surface area contributed by atoms with Crippen LogP contribution in [0.1, 0.15) is 17.2 Å². The first-order valence-corrected chi connectivity index (χ1v) is 7.13. The van der Waals surface area contributed by atoms with Crippen molar-refractivity contribution < 1.29 is 4.74 Å². The summed E-state index contributed by atoms with van der Waals surface area (Å²) in [7, 11) is 1.64. The number of rotatable bonds is 4. The molecular formula is C15H15N3OS. The first-order chi connectivity index (χ1) is 9.85. The van der Waals surface area contributed by atoms with Gasteiger partial charge in [-0.25, -0.2) is 5.43 Å². The molecule has 2 heterocycles. The Morgan fingerprint density at radius 3 is 2.95 bits per heavy atom. The minimum Gasteiger partial charge on any atom is -0.495 e. The van der Waals surface area contributed by atoms with Gasteiger partial charge in [0.05, 0.1) is 19.3 Å². The van der Waals surface area contributed by atoms with Gasteiger partial charge in [0.25, 0.3) is 0 Å². The Balaban J connectivity index is 2.16. The normalized spacial score (nSPS) is 12.5. The zero-order valence-corrected chi connectivity index (χ0v) is 11.9. The van der Waals surface area contributed by atoms with Crippen LogP contribution in [-0.2, 0) is 0 Å². The number of thiophene rings is 1. The van der Waals surface area contributed by atoms with E-state index in [0.717, 1.165) is 16.9 Å². The Bertz CT molecular complexity index is 726.